The molecule has 0 aliphatic carbocycles. The topological polar surface area (TPSA) is 44.1 Å². The number of Topliss-reactive ketones (excluding diaryl/α,β-unsaturated/α-hetero) is 1. The number of fused-ring (bicyclic) bond motifs is 2. The van der Waals surface area contributed by atoms with E-state index in [-0.39, 0.29) is 17.3 Å². The molecule has 2 aliphatic heterocycles. The number of carbonyl (C=O) groups excluding carboxylic acids is 1. The third-order valence-electron chi connectivity index (χ3n) is 5.90. The number of benzene rings is 2. The SMILES string of the molecule is N#Cc1c(F)cc(C(=O)C2CC3CCC(C2)N3Cc2ccccc2)cc1F. The van der Waals surface area contributed by atoms with E-state index in [1.54, 1.807) is 0 Å². The summed E-state index contributed by atoms with van der Waals surface area (Å²) in [5.74, 6) is -2.37. The zero-order chi connectivity index (χ0) is 19.0. The highest BCUT2D eigenvalue weighted by Gasteiger charge is 2.42. The Balaban J connectivity index is 1.50. The van der Waals surface area contributed by atoms with Crippen LogP contribution in [0.25, 0.3) is 0 Å². The minimum absolute atomic E-state index is 0.0323. The van der Waals surface area contributed by atoms with Crippen LogP contribution in [-0.2, 0) is 6.54 Å². The molecule has 2 fully saturated rings. The summed E-state index contributed by atoms with van der Waals surface area (Å²) in [5.41, 5.74) is 0.657. The van der Waals surface area contributed by atoms with Crippen LogP contribution >= 0.6 is 0 Å². The summed E-state index contributed by atoms with van der Waals surface area (Å²) < 4.78 is 27.8. The molecule has 2 heterocycles. The van der Waals surface area contributed by atoms with Crippen LogP contribution in [0.15, 0.2) is 42.5 Å². The van der Waals surface area contributed by atoms with E-state index in [2.05, 4.69) is 17.0 Å². The lowest BCUT2D eigenvalue weighted by molar-refractivity contribution is 0.0677. The molecule has 0 N–H and O–H groups in total. The molecule has 2 bridgehead atoms. The van der Waals surface area contributed by atoms with Gasteiger partial charge in [-0.1, -0.05) is 30.3 Å². The average Bonchev–Trinajstić information content (AvgIpc) is 2.89. The molecule has 0 radical (unpaired) electrons. The van der Waals surface area contributed by atoms with Crippen LogP contribution < -0.4 is 0 Å². The van der Waals surface area contributed by atoms with Gasteiger partial charge >= 0.3 is 0 Å². The predicted octanol–water partition coefficient (Wildman–Crippen LogP) is 4.46. The van der Waals surface area contributed by atoms with Gasteiger partial charge in [-0.15, -0.1) is 0 Å². The van der Waals surface area contributed by atoms with E-state index in [1.807, 2.05) is 18.2 Å². The third kappa shape index (κ3) is 3.38. The number of carbonyl (C=O) groups is 1. The molecule has 2 aromatic rings. The maximum absolute atomic E-state index is 13.9. The molecular weight excluding hydrogens is 346 g/mol. The highest BCUT2D eigenvalue weighted by Crippen LogP contribution is 2.40. The van der Waals surface area contributed by atoms with E-state index < -0.39 is 17.2 Å². The van der Waals surface area contributed by atoms with E-state index in [0.717, 1.165) is 31.5 Å². The van der Waals surface area contributed by atoms with Gasteiger partial charge in [0.1, 0.15) is 23.3 Å². The van der Waals surface area contributed by atoms with Gasteiger partial charge in [0.2, 0.25) is 0 Å². The van der Waals surface area contributed by atoms with E-state index in [4.69, 9.17) is 5.26 Å². The van der Waals surface area contributed by atoms with Crippen LogP contribution in [0.4, 0.5) is 8.78 Å². The first-order chi connectivity index (χ1) is 13.1. The Morgan fingerprint density at radius 3 is 2.22 bits per heavy atom. The molecule has 2 saturated heterocycles. The summed E-state index contributed by atoms with van der Waals surface area (Å²) >= 11 is 0. The van der Waals surface area contributed by atoms with Gasteiger partial charge in [-0.05, 0) is 43.4 Å². The van der Waals surface area contributed by atoms with Crippen molar-refractivity contribution in [3.05, 3.63) is 70.8 Å². The van der Waals surface area contributed by atoms with Gasteiger partial charge < -0.3 is 0 Å². The fourth-order valence-electron chi connectivity index (χ4n) is 4.60. The number of piperidine rings is 1. The Morgan fingerprint density at radius 2 is 1.67 bits per heavy atom. The molecule has 0 saturated carbocycles. The monoisotopic (exact) mass is 366 g/mol. The van der Waals surface area contributed by atoms with Gasteiger partial charge in [-0.2, -0.15) is 5.26 Å². The third-order valence-corrected chi connectivity index (χ3v) is 5.90. The van der Waals surface area contributed by atoms with Crippen molar-refractivity contribution in [2.24, 2.45) is 5.92 Å². The Morgan fingerprint density at radius 1 is 1.07 bits per heavy atom. The Hall–Kier alpha value is -2.58. The highest BCUT2D eigenvalue weighted by atomic mass is 19.1. The molecule has 3 nitrogen and oxygen atoms in total. The van der Waals surface area contributed by atoms with Crippen molar-refractivity contribution in [2.75, 3.05) is 0 Å². The summed E-state index contributed by atoms with van der Waals surface area (Å²) in [7, 11) is 0. The summed E-state index contributed by atoms with van der Waals surface area (Å²) in [6.45, 7) is 0.872. The molecule has 2 aliphatic rings. The summed E-state index contributed by atoms with van der Waals surface area (Å²) in [6.07, 6.45) is 3.53. The van der Waals surface area contributed by atoms with E-state index >= 15 is 0 Å². The summed E-state index contributed by atoms with van der Waals surface area (Å²) in [4.78, 5) is 15.3. The first-order valence-corrected chi connectivity index (χ1v) is 9.30. The minimum atomic E-state index is -0.967. The normalized spacial score (nSPS) is 24.6. The van der Waals surface area contributed by atoms with Gasteiger partial charge in [0, 0.05) is 30.1 Å². The van der Waals surface area contributed by atoms with Crippen LogP contribution in [0, 0.1) is 28.9 Å². The number of halogens is 2. The summed E-state index contributed by atoms with van der Waals surface area (Å²) in [6, 6.07) is 14.4. The van der Waals surface area contributed by atoms with Gasteiger partial charge in [0.05, 0.1) is 0 Å². The maximum Gasteiger partial charge on any atom is 0.166 e. The number of ketones is 1. The van der Waals surface area contributed by atoms with Crippen molar-refractivity contribution in [3.8, 4) is 6.07 Å². The number of nitriles is 1. The van der Waals surface area contributed by atoms with E-state index in [9.17, 15) is 13.6 Å². The standard InChI is InChI=1S/C22H20F2N2O/c23-20-10-16(11-21(24)19(20)12-25)22(27)15-8-17-6-7-18(9-15)26(17)13-14-4-2-1-3-5-14/h1-5,10-11,15,17-18H,6-9,13H2. The first kappa shape index (κ1) is 17.8. The fraction of sp³-hybridized carbons (Fsp3) is 0.364. The lowest BCUT2D eigenvalue weighted by Gasteiger charge is -2.38. The lowest BCUT2D eigenvalue weighted by atomic mass is 9.84. The quantitative estimate of drug-likeness (QED) is 0.751. The molecule has 27 heavy (non-hydrogen) atoms. The second-order valence-electron chi connectivity index (χ2n) is 7.50. The fourth-order valence-corrected chi connectivity index (χ4v) is 4.60. The zero-order valence-corrected chi connectivity index (χ0v) is 14.9. The van der Waals surface area contributed by atoms with Crippen molar-refractivity contribution in [1.82, 2.24) is 4.90 Å². The van der Waals surface area contributed by atoms with Gasteiger partial charge in [0.25, 0.3) is 0 Å². The molecule has 4 rings (SSSR count). The number of nitrogens with zero attached hydrogens (tertiary/aromatic N) is 2. The van der Waals surface area contributed by atoms with Gasteiger partial charge in [0.15, 0.2) is 5.78 Å². The molecule has 5 heteroatoms. The zero-order valence-electron chi connectivity index (χ0n) is 14.9. The number of rotatable bonds is 4. The smallest absolute Gasteiger partial charge is 0.166 e. The van der Waals surface area contributed by atoms with Gasteiger partial charge in [-0.3, -0.25) is 9.69 Å². The lowest BCUT2D eigenvalue weighted by Crippen LogP contribution is -2.44. The second-order valence-corrected chi connectivity index (χ2v) is 7.50. The first-order valence-electron chi connectivity index (χ1n) is 9.30. The highest BCUT2D eigenvalue weighted by molar-refractivity contribution is 5.98. The Kier molecular flexibility index (Phi) is 4.75. The number of hydrogen-bond acceptors (Lipinski definition) is 3. The van der Waals surface area contributed by atoms with Crippen LogP contribution in [0.3, 0.4) is 0 Å². The molecular formula is C22H20F2N2O. The van der Waals surface area contributed by atoms with Crippen molar-refractivity contribution in [1.29, 1.82) is 5.26 Å². The van der Waals surface area contributed by atoms with Crippen LogP contribution in [0.2, 0.25) is 0 Å². The minimum Gasteiger partial charge on any atom is -0.294 e. The second kappa shape index (κ2) is 7.21. The molecule has 0 aromatic heterocycles. The van der Waals surface area contributed by atoms with E-state index in [1.165, 1.54) is 11.6 Å². The largest absolute Gasteiger partial charge is 0.294 e. The molecule has 2 unspecified atom stereocenters. The van der Waals surface area contributed by atoms with Crippen LogP contribution in [-0.4, -0.2) is 22.8 Å². The predicted molar refractivity (Wildman–Crippen MR) is 96.9 cm³/mol. The Bertz CT molecular complexity index is 869. The van der Waals surface area contributed by atoms with E-state index in [0.29, 0.717) is 24.9 Å². The van der Waals surface area contributed by atoms with Crippen LogP contribution in [0.1, 0.15) is 47.2 Å². The molecule has 138 valence electrons. The van der Waals surface area contributed by atoms with Gasteiger partial charge in [-0.25, -0.2) is 8.78 Å². The maximum atomic E-state index is 13.9. The molecule has 0 spiro atoms. The molecule has 2 atom stereocenters. The van der Waals surface area contributed by atoms with Crippen molar-refractivity contribution >= 4 is 5.78 Å². The number of hydrogen-bond donors (Lipinski definition) is 0. The van der Waals surface area contributed by atoms with Crippen molar-refractivity contribution in [2.45, 2.75) is 44.3 Å². The van der Waals surface area contributed by atoms with Crippen LogP contribution in [0.5, 0.6) is 0 Å². The summed E-state index contributed by atoms with van der Waals surface area (Å²) in [5, 5.41) is 8.79. The van der Waals surface area contributed by atoms with Crippen molar-refractivity contribution in [3.63, 3.8) is 0 Å². The average molecular weight is 366 g/mol. The Labute approximate surface area is 157 Å². The molecule has 0 amide bonds. The van der Waals surface area contributed by atoms with Crippen molar-refractivity contribution < 1.29 is 13.6 Å². The molecule has 2 aromatic carbocycles.